The molecule has 0 fully saturated rings. The van der Waals surface area contributed by atoms with Crippen LogP contribution in [0.25, 0.3) is 0 Å². The van der Waals surface area contributed by atoms with E-state index in [0.29, 0.717) is 5.56 Å². The zero-order valence-corrected chi connectivity index (χ0v) is 13.4. The monoisotopic (exact) mass is 309 g/mol. The Morgan fingerprint density at radius 3 is 2.57 bits per heavy atom. The zero-order valence-electron chi connectivity index (χ0n) is 12.6. The molecule has 0 aliphatic carbocycles. The Kier molecular flexibility index (Phi) is 5.39. The van der Waals surface area contributed by atoms with E-state index in [1.54, 1.807) is 32.9 Å². The molecule has 6 heteroatoms. The van der Waals surface area contributed by atoms with Crippen molar-refractivity contribution in [2.45, 2.75) is 31.3 Å². The molecule has 0 aromatic heterocycles. The van der Waals surface area contributed by atoms with Gasteiger partial charge in [0, 0.05) is 11.8 Å². The van der Waals surface area contributed by atoms with Crippen molar-refractivity contribution in [2.24, 2.45) is 0 Å². The van der Waals surface area contributed by atoms with Crippen LogP contribution in [0.2, 0.25) is 0 Å². The SMILES string of the molecule is CC(C)(C)OC(=O)NCC#Cc1cccc(S(C)(=O)=O)c1. The maximum Gasteiger partial charge on any atom is 0.408 e. The van der Waals surface area contributed by atoms with Gasteiger partial charge in [-0.3, -0.25) is 0 Å². The van der Waals surface area contributed by atoms with Gasteiger partial charge in [-0.25, -0.2) is 13.2 Å². The molecule has 0 bridgehead atoms. The highest BCUT2D eigenvalue weighted by atomic mass is 32.2. The summed E-state index contributed by atoms with van der Waals surface area (Å²) in [4.78, 5) is 11.6. The summed E-state index contributed by atoms with van der Waals surface area (Å²) in [5.41, 5.74) is 0.0188. The van der Waals surface area contributed by atoms with Crippen LogP contribution in [0.5, 0.6) is 0 Å². The zero-order chi connectivity index (χ0) is 16.1. The van der Waals surface area contributed by atoms with Crippen LogP contribution >= 0.6 is 0 Å². The standard InChI is InChI=1S/C15H19NO4S/c1-15(2,3)20-14(17)16-10-6-8-12-7-5-9-13(11-12)21(4,18)19/h5,7,9,11H,10H2,1-4H3,(H,16,17). The van der Waals surface area contributed by atoms with Gasteiger partial charge in [0.15, 0.2) is 9.84 Å². The Hall–Kier alpha value is -2.00. The van der Waals surface area contributed by atoms with Crippen LogP contribution in [0.3, 0.4) is 0 Å². The molecule has 1 rings (SSSR count). The van der Waals surface area contributed by atoms with Crippen molar-refractivity contribution in [1.82, 2.24) is 5.32 Å². The molecule has 0 unspecified atom stereocenters. The van der Waals surface area contributed by atoms with Crippen LogP contribution in [0.15, 0.2) is 29.2 Å². The van der Waals surface area contributed by atoms with Gasteiger partial charge in [-0.2, -0.15) is 0 Å². The number of carbonyl (C=O) groups excluding carboxylic acids is 1. The van der Waals surface area contributed by atoms with Gasteiger partial charge in [-0.1, -0.05) is 17.9 Å². The van der Waals surface area contributed by atoms with Gasteiger partial charge < -0.3 is 10.1 Å². The second-order valence-electron chi connectivity index (χ2n) is 5.46. The lowest BCUT2D eigenvalue weighted by Gasteiger charge is -2.18. The van der Waals surface area contributed by atoms with Crippen molar-refractivity contribution < 1.29 is 17.9 Å². The average Bonchev–Trinajstić information content (AvgIpc) is 2.32. The van der Waals surface area contributed by atoms with Gasteiger partial charge in [0.25, 0.3) is 0 Å². The maximum absolute atomic E-state index is 11.4. The van der Waals surface area contributed by atoms with E-state index >= 15 is 0 Å². The molecule has 0 atom stereocenters. The first-order chi connectivity index (χ1) is 9.58. The molecule has 0 spiro atoms. The largest absolute Gasteiger partial charge is 0.444 e. The van der Waals surface area contributed by atoms with Crippen molar-refractivity contribution >= 4 is 15.9 Å². The summed E-state index contributed by atoms with van der Waals surface area (Å²) in [6.07, 6.45) is 0.602. The Labute approximate surface area is 125 Å². The normalized spacial score (nSPS) is 11.2. The highest BCUT2D eigenvalue weighted by Crippen LogP contribution is 2.10. The van der Waals surface area contributed by atoms with Crippen molar-refractivity contribution in [2.75, 3.05) is 12.8 Å². The van der Waals surface area contributed by atoms with E-state index in [4.69, 9.17) is 4.74 Å². The molecule has 0 heterocycles. The molecule has 0 saturated heterocycles. The lowest BCUT2D eigenvalue weighted by Crippen LogP contribution is -2.32. The first-order valence-electron chi connectivity index (χ1n) is 6.34. The van der Waals surface area contributed by atoms with E-state index < -0.39 is 21.5 Å². The topological polar surface area (TPSA) is 72.5 Å². The molecule has 1 N–H and O–H groups in total. The van der Waals surface area contributed by atoms with Gasteiger partial charge in [0.1, 0.15) is 5.60 Å². The van der Waals surface area contributed by atoms with Gasteiger partial charge in [-0.15, -0.1) is 0 Å². The third-order valence-corrected chi connectivity index (χ3v) is 3.33. The number of nitrogens with one attached hydrogen (secondary N) is 1. The number of sulfone groups is 1. The number of ether oxygens (including phenoxy) is 1. The van der Waals surface area contributed by atoms with Gasteiger partial charge in [0.2, 0.25) is 0 Å². The number of rotatable bonds is 2. The van der Waals surface area contributed by atoms with Crippen molar-refractivity contribution in [3.8, 4) is 11.8 Å². The molecule has 0 saturated carbocycles. The predicted octanol–water partition coefficient (Wildman–Crippen LogP) is 1.97. The minimum absolute atomic E-state index is 0.123. The van der Waals surface area contributed by atoms with Crippen molar-refractivity contribution in [3.05, 3.63) is 29.8 Å². The van der Waals surface area contributed by atoms with Crippen LogP contribution in [0, 0.1) is 11.8 Å². The minimum atomic E-state index is -3.25. The van der Waals surface area contributed by atoms with Crippen LogP contribution < -0.4 is 5.32 Å². The Morgan fingerprint density at radius 1 is 1.33 bits per heavy atom. The van der Waals surface area contributed by atoms with Crippen molar-refractivity contribution in [1.29, 1.82) is 0 Å². The fraction of sp³-hybridized carbons (Fsp3) is 0.400. The van der Waals surface area contributed by atoms with Crippen LogP contribution in [0.4, 0.5) is 4.79 Å². The quantitative estimate of drug-likeness (QED) is 0.848. The predicted molar refractivity (Wildman–Crippen MR) is 80.7 cm³/mol. The summed E-state index contributed by atoms with van der Waals surface area (Å²) >= 11 is 0. The first kappa shape index (κ1) is 17.1. The molecule has 0 radical (unpaired) electrons. The Bertz CT molecular complexity index is 676. The van der Waals surface area contributed by atoms with E-state index in [9.17, 15) is 13.2 Å². The van der Waals surface area contributed by atoms with Crippen LogP contribution in [0.1, 0.15) is 26.3 Å². The molecule has 1 amide bonds. The third-order valence-electron chi connectivity index (χ3n) is 2.21. The molecular weight excluding hydrogens is 290 g/mol. The fourth-order valence-corrected chi connectivity index (χ4v) is 2.05. The molecule has 5 nitrogen and oxygen atoms in total. The first-order valence-corrected chi connectivity index (χ1v) is 8.23. The van der Waals surface area contributed by atoms with E-state index in [2.05, 4.69) is 17.2 Å². The van der Waals surface area contributed by atoms with E-state index in [0.717, 1.165) is 6.26 Å². The molecule has 1 aromatic rings. The number of alkyl carbamates (subject to hydrolysis) is 1. The van der Waals surface area contributed by atoms with E-state index in [1.165, 1.54) is 12.1 Å². The van der Waals surface area contributed by atoms with Gasteiger partial charge in [0.05, 0.1) is 11.4 Å². The average molecular weight is 309 g/mol. The summed E-state index contributed by atoms with van der Waals surface area (Å²) in [6, 6.07) is 6.34. The van der Waals surface area contributed by atoms with Gasteiger partial charge in [-0.05, 0) is 39.0 Å². The molecule has 0 aliphatic rings. The van der Waals surface area contributed by atoms with Crippen LogP contribution in [-0.2, 0) is 14.6 Å². The Morgan fingerprint density at radius 2 is 2.00 bits per heavy atom. The summed E-state index contributed by atoms with van der Waals surface area (Å²) in [5.74, 6) is 5.53. The highest BCUT2D eigenvalue weighted by molar-refractivity contribution is 7.90. The molecule has 21 heavy (non-hydrogen) atoms. The highest BCUT2D eigenvalue weighted by Gasteiger charge is 2.15. The number of hydrogen-bond donors (Lipinski definition) is 1. The van der Waals surface area contributed by atoms with Crippen molar-refractivity contribution in [3.63, 3.8) is 0 Å². The summed E-state index contributed by atoms with van der Waals surface area (Å²) in [6.45, 7) is 5.44. The number of carbonyl (C=O) groups is 1. The molecule has 114 valence electrons. The lowest BCUT2D eigenvalue weighted by atomic mass is 10.2. The van der Waals surface area contributed by atoms with Crippen LogP contribution in [-0.4, -0.2) is 32.9 Å². The molecule has 1 aromatic carbocycles. The fourth-order valence-electron chi connectivity index (χ4n) is 1.38. The minimum Gasteiger partial charge on any atom is -0.444 e. The second-order valence-corrected chi connectivity index (χ2v) is 7.47. The van der Waals surface area contributed by atoms with Gasteiger partial charge >= 0.3 is 6.09 Å². The smallest absolute Gasteiger partial charge is 0.408 e. The maximum atomic E-state index is 11.4. The number of benzene rings is 1. The van der Waals surface area contributed by atoms with E-state index in [-0.39, 0.29) is 11.4 Å². The lowest BCUT2D eigenvalue weighted by molar-refractivity contribution is 0.0535. The molecule has 0 aliphatic heterocycles. The number of amides is 1. The summed E-state index contributed by atoms with van der Waals surface area (Å²) < 4.78 is 27.9. The summed E-state index contributed by atoms with van der Waals surface area (Å²) in [5, 5.41) is 2.50. The third kappa shape index (κ3) is 6.82. The number of hydrogen-bond acceptors (Lipinski definition) is 4. The Balaban J connectivity index is 2.62. The summed E-state index contributed by atoms with van der Waals surface area (Å²) in [7, 11) is -3.25. The molecular formula is C15H19NO4S. The second kappa shape index (κ2) is 6.64. The van der Waals surface area contributed by atoms with E-state index in [1.807, 2.05) is 0 Å².